The van der Waals surface area contributed by atoms with E-state index in [4.69, 9.17) is 9.47 Å². The molecule has 0 spiro atoms. The normalized spacial score (nSPS) is 22.1. The first kappa shape index (κ1) is 19.0. The summed E-state index contributed by atoms with van der Waals surface area (Å²) in [5, 5.41) is 3.34. The fourth-order valence-electron chi connectivity index (χ4n) is 3.03. The van der Waals surface area contributed by atoms with E-state index >= 15 is 0 Å². The maximum Gasteiger partial charge on any atom is 0.251 e. The molecule has 24 heavy (non-hydrogen) atoms. The summed E-state index contributed by atoms with van der Waals surface area (Å²) in [4.78, 5) is 20.8. The topological polar surface area (TPSA) is 66.4 Å². The van der Waals surface area contributed by atoms with Crippen LogP contribution in [0.3, 0.4) is 0 Å². The zero-order valence-corrected chi connectivity index (χ0v) is 15.1. The molecule has 1 N–H and O–H groups in total. The van der Waals surface area contributed by atoms with Gasteiger partial charge in [0.15, 0.2) is 5.96 Å². The van der Waals surface area contributed by atoms with Gasteiger partial charge in [-0.25, -0.2) is 0 Å². The number of nitrogens with one attached hydrogen (secondary N) is 1. The minimum absolute atomic E-state index is 0.152. The summed E-state index contributed by atoms with van der Waals surface area (Å²) in [5.41, 5.74) is 0. The smallest absolute Gasteiger partial charge is 0.251 e. The van der Waals surface area contributed by atoms with Crippen molar-refractivity contribution in [3.8, 4) is 0 Å². The van der Waals surface area contributed by atoms with Crippen LogP contribution in [0.15, 0.2) is 4.99 Å². The Balaban J connectivity index is 1.66. The molecular formula is C17H32N4O3. The van der Waals surface area contributed by atoms with E-state index in [1.165, 1.54) is 0 Å². The fourth-order valence-corrected chi connectivity index (χ4v) is 3.03. The van der Waals surface area contributed by atoms with Gasteiger partial charge in [0.25, 0.3) is 5.91 Å². The molecule has 2 saturated heterocycles. The molecule has 1 unspecified atom stereocenters. The van der Waals surface area contributed by atoms with Gasteiger partial charge in [-0.2, -0.15) is 0 Å². The molecule has 1 atom stereocenters. The zero-order chi connectivity index (χ0) is 17.2. The molecule has 2 aliphatic rings. The van der Waals surface area contributed by atoms with Crippen LogP contribution < -0.4 is 5.32 Å². The van der Waals surface area contributed by atoms with Crippen molar-refractivity contribution in [3.63, 3.8) is 0 Å². The monoisotopic (exact) mass is 340 g/mol. The molecule has 7 nitrogen and oxygen atoms in total. The molecule has 2 fully saturated rings. The zero-order valence-electron chi connectivity index (χ0n) is 15.1. The van der Waals surface area contributed by atoms with E-state index in [0.717, 1.165) is 71.0 Å². The van der Waals surface area contributed by atoms with Gasteiger partial charge in [-0.1, -0.05) is 13.3 Å². The second-order valence-electron chi connectivity index (χ2n) is 6.25. The van der Waals surface area contributed by atoms with Crippen LogP contribution in [0.5, 0.6) is 0 Å². The summed E-state index contributed by atoms with van der Waals surface area (Å²) in [5.74, 6) is 1.04. The molecule has 0 bridgehead atoms. The molecular weight excluding hydrogens is 308 g/mol. The van der Waals surface area contributed by atoms with Gasteiger partial charge in [-0.05, 0) is 19.3 Å². The van der Waals surface area contributed by atoms with Crippen molar-refractivity contribution in [3.05, 3.63) is 0 Å². The lowest BCUT2D eigenvalue weighted by Gasteiger charge is -2.37. The first-order chi connectivity index (χ1) is 11.8. The van der Waals surface area contributed by atoms with Crippen molar-refractivity contribution in [2.45, 2.75) is 38.7 Å². The predicted octanol–water partition coefficient (Wildman–Crippen LogP) is 0.702. The molecule has 0 aromatic carbocycles. The van der Waals surface area contributed by atoms with Crippen molar-refractivity contribution < 1.29 is 14.3 Å². The van der Waals surface area contributed by atoms with Crippen LogP contribution in [-0.4, -0.2) is 87.4 Å². The van der Waals surface area contributed by atoms with Gasteiger partial charge >= 0.3 is 0 Å². The van der Waals surface area contributed by atoms with Crippen LogP contribution in [0.25, 0.3) is 0 Å². The molecule has 0 aromatic rings. The van der Waals surface area contributed by atoms with Crippen LogP contribution in [-0.2, 0) is 14.3 Å². The lowest BCUT2D eigenvalue weighted by molar-refractivity contribution is -0.142. The molecule has 0 saturated carbocycles. The van der Waals surface area contributed by atoms with Crippen LogP contribution in [0.2, 0.25) is 0 Å². The average molecular weight is 340 g/mol. The first-order valence-corrected chi connectivity index (χ1v) is 9.20. The summed E-state index contributed by atoms with van der Waals surface area (Å²) < 4.78 is 11.1. The number of carbonyl (C=O) groups is 1. The summed E-state index contributed by atoms with van der Waals surface area (Å²) in [6.07, 6.45) is 3.90. The third-order valence-electron chi connectivity index (χ3n) is 4.48. The Morgan fingerprint density at radius 2 is 2.00 bits per heavy atom. The molecule has 138 valence electrons. The van der Waals surface area contributed by atoms with E-state index in [2.05, 4.69) is 22.1 Å². The summed E-state index contributed by atoms with van der Waals surface area (Å²) in [6, 6.07) is 0. The molecule has 0 aliphatic carbocycles. The molecule has 2 aliphatic heterocycles. The number of hydrogen-bond acceptors (Lipinski definition) is 4. The van der Waals surface area contributed by atoms with Gasteiger partial charge in [0.2, 0.25) is 0 Å². The lowest BCUT2D eigenvalue weighted by atomic mass is 10.2. The number of amides is 1. The predicted molar refractivity (Wildman–Crippen MR) is 94.2 cm³/mol. The van der Waals surface area contributed by atoms with Crippen molar-refractivity contribution in [2.75, 3.05) is 59.6 Å². The van der Waals surface area contributed by atoms with Gasteiger partial charge in [0.05, 0.1) is 6.61 Å². The van der Waals surface area contributed by atoms with Gasteiger partial charge in [0.1, 0.15) is 6.10 Å². The Labute approximate surface area is 145 Å². The van der Waals surface area contributed by atoms with Crippen molar-refractivity contribution in [1.82, 2.24) is 15.1 Å². The SMILES string of the molecule is CCCCOCCNC(=NC)N1CCN(C(=O)C2CCCO2)CC1. The van der Waals surface area contributed by atoms with Crippen molar-refractivity contribution in [2.24, 2.45) is 4.99 Å². The van der Waals surface area contributed by atoms with Crippen molar-refractivity contribution in [1.29, 1.82) is 0 Å². The maximum atomic E-state index is 12.4. The third-order valence-corrected chi connectivity index (χ3v) is 4.48. The Hall–Kier alpha value is -1.34. The van der Waals surface area contributed by atoms with E-state index in [1.54, 1.807) is 7.05 Å². The van der Waals surface area contributed by atoms with Crippen LogP contribution in [0, 0.1) is 0 Å². The number of carbonyl (C=O) groups excluding carboxylic acids is 1. The number of hydrogen-bond donors (Lipinski definition) is 1. The van der Waals surface area contributed by atoms with Crippen LogP contribution in [0.4, 0.5) is 0 Å². The number of guanidine groups is 1. The highest BCUT2D eigenvalue weighted by atomic mass is 16.5. The minimum atomic E-state index is -0.214. The highest BCUT2D eigenvalue weighted by Crippen LogP contribution is 2.16. The second kappa shape index (κ2) is 10.5. The molecule has 2 rings (SSSR count). The Morgan fingerprint density at radius 3 is 2.62 bits per heavy atom. The Kier molecular flexibility index (Phi) is 8.32. The Morgan fingerprint density at radius 1 is 1.25 bits per heavy atom. The summed E-state index contributed by atoms with van der Waals surface area (Å²) in [7, 11) is 1.80. The lowest BCUT2D eigenvalue weighted by Crippen LogP contribution is -2.55. The third kappa shape index (κ3) is 5.63. The molecule has 2 heterocycles. The standard InChI is InChI=1S/C17H32N4O3/c1-3-4-12-23-14-7-19-17(18-2)21-10-8-20(9-11-21)16(22)15-6-5-13-24-15/h15H,3-14H2,1-2H3,(H,18,19). The van der Waals surface area contributed by atoms with Crippen molar-refractivity contribution >= 4 is 11.9 Å². The quantitative estimate of drug-likeness (QED) is 0.420. The number of nitrogens with zero attached hydrogens (tertiary/aromatic N) is 3. The number of piperazine rings is 1. The largest absolute Gasteiger partial charge is 0.380 e. The molecule has 7 heteroatoms. The maximum absolute atomic E-state index is 12.4. The van der Waals surface area contributed by atoms with E-state index in [0.29, 0.717) is 13.2 Å². The highest BCUT2D eigenvalue weighted by Gasteiger charge is 2.30. The number of unbranched alkanes of at least 4 members (excludes halogenated alkanes) is 1. The highest BCUT2D eigenvalue weighted by molar-refractivity contribution is 5.82. The summed E-state index contributed by atoms with van der Waals surface area (Å²) >= 11 is 0. The number of ether oxygens (including phenoxy) is 2. The minimum Gasteiger partial charge on any atom is -0.380 e. The average Bonchev–Trinajstić information content (AvgIpc) is 3.15. The molecule has 0 aromatic heterocycles. The second-order valence-corrected chi connectivity index (χ2v) is 6.25. The fraction of sp³-hybridized carbons (Fsp3) is 0.882. The molecule has 1 amide bonds. The van der Waals surface area contributed by atoms with Crippen LogP contribution in [0.1, 0.15) is 32.6 Å². The van der Waals surface area contributed by atoms with E-state index in [9.17, 15) is 4.79 Å². The molecule has 0 radical (unpaired) electrons. The van der Waals surface area contributed by atoms with Gasteiger partial charge in [-0.15, -0.1) is 0 Å². The van der Waals surface area contributed by atoms with E-state index in [1.807, 2.05) is 4.90 Å². The Bertz CT molecular complexity index is 403. The van der Waals surface area contributed by atoms with Gasteiger partial charge in [0, 0.05) is 53.0 Å². The number of aliphatic imine (C=N–C) groups is 1. The van der Waals surface area contributed by atoms with E-state index in [-0.39, 0.29) is 12.0 Å². The van der Waals surface area contributed by atoms with Gasteiger partial charge < -0.3 is 24.6 Å². The van der Waals surface area contributed by atoms with E-state index < -0.39 is 0 Å². The first-order valence-electron chi connectivity index (χ1n) is 9.20. The van der Waals surface area contributed by atoms with Crippen LogP contribution >= 0.6 is 0 Å². The van der Waals surface area contributed by atoms with Gasteiger partial charge in [-0.3, -0.25) is 9.79 Å². The summed E-state index contributed by atoms with van der Waals surface area (Å²) in [6.45, 7) is 8.20. The number of rotatable bonds is 7.